The minimum absolute atomic E-state index is 0.0956. The molecule has 116 valence electrons. The van der Waals surface area contributed by atoms with E-state index in [1.807, 2.05) is 19.9 Å². The molecular weight excluding hydrogens is 271 g/mol. The van der Waals surface area contributed by atoms with E-state index in [1.165, 1.54) is 12.1 Å². The van der Waals surface area contributed by atoms with Crippen LogP contribution in [0.4, 0.5) is 9.18 Å². The van der Waals surface area contributed by atoms with Crippen LogP contribution in [-0.2, 0) is 4.74 Å². The van der Waals surface area contributed by atoms with Gasteiger partial charge in [0.05, 0.1) is 12.1 Å². The van der Waals surface area contributed by atoms with Crippen molar-refractivity contribution in [1.82, 2.24) is 10.2 Å². The summed E-state index contributed by atoms with van der Waals surface area (Å²) in [7, 11) is 0. The summed E-state index contributed by atoms with van der Waals surface area (Å²) >= 11 is 0. The lowest BCUT2D eigenvalue weighted by atomic mass is 10.1. The highest BCUT2D eigenvalue weighted by molar-refractivity contribution is 5.74. The van der Waals surface area contributed by atoms with E-state index in [1.54, 1.807) is 11.0 Å². The number of halogens is 1. The maximum atomic E-state index is 13.2. The fraction of sp³-hybridized carbons (Fsp3) is 0.562. The molecule has 0 bridgehead atoms. The third-order valence-corrected chi connectivity index (χ3v) is 3.82. The topological polar surface area (TPSA) is 41.6 Å². The lowest BCUT2D eigenvalue weighted by Gasteiger charge is -2.32. The molecule has 1 fully saturated rings. The van der Waals surface area contributed by atoms with Crippen LogP contribution in [0.1, 0.15) is 38.3 Å². The number of hydrogen-bond acceptors (Lipinski definition) is 2. The molecule has 21 heavy (non-hydrogen) atoms. The molecule has 2 amide bonds. The Morgan fingerprint density at radius 3 is 2.81 bits per heavy atom. The van der Waals surface area contributed by atoms with Crippen LogP contribution in [0.25, 0.3) is 0 Å². The molecule has 1 saturated heterocycles. The Bertz CT molecular complexity index is 473. The van der Waals surface area contributed by atoms with Gasteiger partial charge in [0, 0.05) is 19.7 Å². The van der Waals surface area contributed by atoms with Crippen molar-refractivity contribution in [2.24, 2.45) is 0 Å². The first-order valence-corrected chi connectivity index (χ1v) is 7.52. The number of amides is 2. The predicted molar refractivity (Wildman–Crippen MR) is 79.6 cm³/mol. The standard InChI is InChI=1S/C16H23FN2O2/c1-3-21-15-7-9-19(10-8-15)16(20)18-12(2)13-5-4-6-14(17)11-13/h4-6,11-12,15H,3,7-10H2,1-2H3,(H,18,20)/t12-/m1/s1. The molecule has 1 aromatic rings. The van der Waals surface area contributed by atoms with Gasteiger partial charge in [0.2, 0.25) is 0 Å². The predicted octanol–water partition coefficient (Wildman–Crippen LogP) is 3.10. The van der Waals surface area contributed by atoms with Gasteiger partial charge in [-0.2, -0.15) is 0 Å². The van der Waals surface area contributed by atoms with Gasteiger partial charge in [-0.15, -0.1) is 0 Å². The Morgan fingerprint density at radius 2 is 2.19 bits per heavy atom. The quantitative estimate of drug-likeness (QED) is 0.927. The van der Waals surface area contributed by atoms with Gasteiger partial charge in [-0.05, 0) is 44.4 Å². The summed E-state index contributed by atoms with van der Waals surface area (Å²) in [6.07, 6.45) is 2.00. The third kappa shape index (κ3) is 4.43. The first-order valence-electron chi connectivity index (χ1n) is 7.52. The van der Waals surface area contributed by atoms with Gasteiger partial charge in [-0.3, -0.25) is 0 Å². The van der Waals surface area contributed by atoms with Gasteiger partial charge in [0.15, 0.2) is 0 Å². The van der Waals surface area contributed by atoms with Crippen LogP contribution in [0, 0.1) is 5.82 Å². The van der Waals surface area contributed by atoms with Crippen LogP contribution in [0.15, 0.2) is 24.3 Å². The van der Waals surface area contributed by atoms with Gasteiger partial charge in [-0.1, -0.05) is 12.1 Å². The number of ether oxygens (including phenoxy) is 1. The lowest BCUT2D eigenvalue weighted by Crippen LogP contribution is -2.46. The van der Waals surface area contributed by atoms with Crippen molar-refractivity contribution in [2.45, 2.75) is 38.8 Å². The number of benzene rings is 1. The van der Waals surface area contributed by atoms with Gasteiger partial charge in [0.25, 0.3) is 0 Å². The minimum Gasteiger partial charge on any atom is -0.378 e. The molecule has 1 aliphatic rings. The molecule has 0 saturated carbocycles. The molecule has 0 aromatic heterocycles. The molecular formula is C16H23FN2O2. The molecule has 0 radical (unpaired) electrons. The van der Waals surface area contributed by atoms with E-state index >= 15 is 0 Å². The van der Waals surface area contributed by atoms with Crippen LogP contribution in [-0.4, -0.2) is 36.7 Å². The Balaban J connectivity index is 1.84. The van der Waals surface area contributed by atoms with Gasteiger partial charge in [0.1, 0.15) is 5.82 Å². The number of hydrogen-bond donors (Lipinski definition) is 1. The van der Waals surface area contributed by atoms with Crippen LogP contribution in [0.3, 0.4) is 0 Å². The number of carbonyl (C=O) groups excluding carboxylic acids is 1. The van der Waals surface area contributed by atoms with Crippen molar-refractivity contribution in [3.8, 4) is 0 Å². The number of likely N-dealkylation sites (tertiary alicyclic amines) is 1. The second kappa shape index (κ2) is 7.41. The normalized spacial score (nSPS) is 17.6. The highest BCUT2D eigenvalue weighted by Gasteiger charge is 2.23. The minimum atomic E-state index is -0.286. The van der Waals surface area contributed by atoms with E-state index in [2.05, 4.69) is 5.32 Å². The van der Waals surface area contributed by atoms with Crippen molar-refractivity contribution >= 4 is 6.03 Å². The Labute approximate surface area is 125 Å². The highest BCUT2D eigenvalue weighted by atomic mass is 19.1. The number of nitrogens with zero attached hydrogens (tertiary/aromatic N) is 1. The van der Waals surface area contributed by atoms with Gasteiger partial charge >= 0.3 is 6.03 Å². The van der Waals surface area contributed by atoms with Gasteiger partial charge in [-0.25, -0.2) is 9.18 Å². The fourth-order valence-corrected chi connectivity index (χ4v) is 2.60. The van der Waals surface area contributed by atoms with Crippen molar-refractivity contribution in [1.29, 1.82) is 0 Å². The van der Waals surface area contributed by atoms with Crippen molar-refractivity contribution in [3.63, 3.8) is 0 Å². The van der Waals surface area contributed by atoms with Crippen LogP contribution in [0.5, 0.6) is 0 Å². The molecule has 2 rings (SSSR count). The molecule has 5 heteroatoms. The molecule has 0 aliphatic carbocycles. The summed E-state index contributed by atoms with van der Waals surface area (Å²) in [4.78, 5) is 14.0. The smallest absolute Gasteiger partial charge is 0.317 e. The number of carbonyl (C=O) groups is 1. The third-order valence-electron chi connectivity index (χ3n) is 3.82. The van der Waals surface area contributed by atoms with Crippen LogP contribution >= 0.6 is 0 Å². The fourth-order valence-electron chi connectivity index (χ4n) is 2.60. The summed E-state index contributed by atoms with van der Waals surface area (Å²) in [5.41, 5.74) is 0.771. The number of piperidine rings is 1. The largest absolute Gasteiger partial charge is 0.378 e. The molecule has 1 atom stereocenters. The number of urea groups is 1. The maximum absolute atomic E-state index is 13.2. The van der Waals surface area contributed by atoms with Crippen molar-refractivity contribution < 1.29 is 13.9 Å². The first kappa shape index (κ1) is 15.8. The second-order valence-electron chi connectivity index (χ2n) is 5.37. The monoisotopic (exact) mass is 294 g/mol. The average molecular weight is 294 g/mol. The summed E-state index contributed by atoms with van der Waals surface area (Å²) < 4.78 is 18.8. The summed E-state index contributed by atoms with van der Waals surface area (Å²) in [6, 6.07) is 6.01. The molecule has 0 spiro atoms. The van der Waals surface area contributed by atoms with Crippen LogP contribution < -0.4 is 5.32 Å². The highest BCUT2D eigenvalue weighted by Crippen LogP contribution is 2.17. The summed E-state index contributed by atoms with van der Waals surface area (Å²) in [5, 5.41) is 2.92. The first-order chi connectivity index (χ1) is 10.1. The Kier molecular flexibility index (Phi) is 5.56. The van der Waals surface area contributed by atoms with E-state index in [0.29, 0.717) is 19.7 Å². The van der Waals surface area contributed by atoms with Crippen molar-refractivity contribution in [2.75, 3.05) is 19.7 Å². The Hall–Kier alpha value is -1.62. The molecule has 1 N–H and O–H groups in total. The average Bonchev–Trinajstić information content (AvgIpc) is 2.48. The zero-order valence-corrected chi connectivity index (χ0v) is 12.6. The molecule has 4 nitrogen and oxygen atoms in total. The van der Waals surface area contributed by atoms with E-state index in [9.17, 15) is 9.18 Å². The van der Waals surface area contributed by atoms with E-state index in [4.69, 9.17) is 4.74 Å². The Morgan fingerprint density at radius 1 is 1.48 bits per heavy atom. The van der Waals surface area contributed by atoms with E-state index in [-0.39, 0.29) is 24.0 Å². The summed E-state index contributed by atoms with van der Waals surface area (Å²) in [5.74, 6) is -0.286. The van der Waals surface area contributed by atoms with Crippen molar-refractivity contribution in [3.05, 3.63) is 35.6 Å². The van der Waals surface area contributed by atoms with Crippen LogP contribution in [0.2, 0.25) is 0 Å². The lowest BCUT2D eigenvalue weighted by molar-refractivity contribution is 0.0218. The SMILES string of the molecule is CCOC1CCN(C(=O)N[C@H](C)c2cccc(F)c2)CC1. The number of nitrogens with one attached hydrogen (secondary N) is 1. The summed E-state index contributed by atoms with van der Waals surface area (Å²) in [6.45, 7) is 5.96. The molecule has 1 aliphatic heterocycles. The second-order valence-corrected chi connectivity index (χ2v) is 5.37. The van der Waals surface area contributed by atoms with Gasteiger partial charge < -0.3 is 15.0 Å². The van der Waals surface area contributed by atoms with E-state index in [0.717, 1.165) is 18.4 Å². The molecule has 1 aromatic carbocycles. The maximum Gasteiger partial charge on any atom is 0.317 e. The zero-order valence-electron chi connectivity index (χ0n) is 12.6. The molecule has 1 heterocycles. The van der Waals surface area contributed by atoms with E-state index < -0.39 is 0 Å². The number of rotatable bonds is 4. The molecule has 0 unspecified atom stereocenters. The zero-order chi connectivity index (χ0) is 15.2.